The number of benzene rings is 2. The molecule has 0 saturated heterocycles. The minimum absolute atomic E-state index is 0.0430. The maximum absolute atomic E-state index is 13.0. The van der Waals surface area contributed by atoms with Crippen LogP contribution < -0.4 is 15.5 Å². The Balaban J connectivity index is 1.70. The second-order valence-electron chi connectivity index (χ2n) is 6.42. The Morgan fingerprint density at radius 3 is 2.65 bits per heavy atom. The number of rotatable bonds is 9. The molecule has 2 N–H and O–H groups in total. The van der Waals surface area contributed by atoms with E-state index in [4.69, 9.17) is 4.74 Å². The average molecular weight is 353 g/mol. The molecule has 5 heteroatoms. The molecule has 2 aromatic rings. The number of ether oxygens (including phenoxy) is 1. The molecule has 1 amide bonds. The Morgan fingerprint density at radius 2 is 1.85 bits per heavy atom. The second kappa shape index (κ2) is 9.36. The molecule has 1 atom stereocenters. The minimum atomic E-state index is -0.307. The van der Waals surface area contributed by atoms with Crippen LogP contribution >= 0.6 is 0 Å². The number of nitrogens with zero attached hydrogens (tertiary/aromatic N) is 1. The van der Waals surface area contributed by atoms with Gasteiger partial charge in [-0.1, -0.05) is 48.5 Å². The van der Waals surface area contributed by atoms with Gasteiger partial charge in [-0.15, -0.1) is 0 Å². The number of hydrogen-bond donors (Lipinski definition) is 2. The molecule has 2 aromatic carbocycles. The second-order valence-corrected chi connectivity index (χ2v) is 6.42. The highest BCUT2D eigenvalue weighted by Gasteiger charge is 2.31. The predicted molar refractivity (Wildman–Crippen MR) is 104 cm³/mol. The van der Waals surface area contributed by atoms with Crippen molar-refractivity contribution in [2.45, 2.75) is 12.5 Å². The fourth-order valence-corrected chi connectivity index (χ4v) is 3.41. The van der Waals surface area contributed by atoms with Crippen molar-refractivity contribution in [3.05, 3.63) is 65.7 Å². The molecule has 0 bridgehead atoms. The zero-order chi connectivity index (χ0) is 18.2. The standard InChI is InChI=1S/C21H27N3O2/c1-26-16-14-22-12-13-23-21(25)20(18-8-3-2-4-9-18)24-15-11-17-7-5-6-10-19(17)24/h2-10,20,22H,11-16H2,1H3,(H,23,25). The highest BCUT2D eigenvalue weighted by atomic mass is 16.5. The zero-order valence-electron chi connectivity index (χ0n) is 15.3. The van der Waals surface area contributed by atoms with Crippen LogP contribution in [0.2, 0.25) is 0 Å². The van der Waals surface area contributed by atoms with E-state index in [1.165, 1.54) is 5.56 Å². The first-order valence-electron chi connectivity index (χ1n) is 9.18. The Hall–Kier alpha value is -2.37. The zero-order valence-corrected chi connectivity index (χ0v) is 15.3. The highest BCUT2D eigenvalue weighted by Crippen LogP contribution is 2.35. The lowest BCUT2D eigenvalue weighted by molar-refractivity contribution is -0.122. The maximum atomic E-state index is 13.0. The third-order valence-electron chi connectivity index (χ3n) is 4.68. The number of methoxy groups -OCH3 is 1. The van der Waals surface area contributed by atoms with E-state index in [0.29, 0.717) is 13.2 Å². The van der Waals surface area contributed by atoms with Gasteiger partial charge in [0, 0.05) is 39.0 Å². The molecule has 0 aromatic heterocycles. The van der Waals surface area contributed by atoms with E-state index < -0.39 is 0 Å². The van der Waals surface area contributed by atoms with Crippen LogP contribution in [0.4, 0.5) is 5.69 Å². The summed E-state index contributed by atoms with van der Waals surface area (Å²) in [6.45, 7) is 3.64. The van der Waals surface area contributed by atoms with Gasteiger partial charge in [-0.3, -0.25) is 4.79 Å². The molecule has 3 rings (SSSR count). The molecule has 0 radical (unpaired) electrons. The van der Waals surface area contributed by atoms with E-state index in [1.807, 2.05) is 36.4 Å². The van der Waals surface area contributed by atoms with Gasteiger partial charge in [-0.05, 0) is 23.6 Å². The van der Waals surface area contributed by atoms with Crippen molar-refractivity contribution in [2.24, 2.45) is 0 Å². The smallest absolute Gasteiger partial charge is 0.247 e. The van der Waals surface area contributed by atoms with Crippen molar-refractivity contribution in [1.29, 1.82) is 0 Å². The summed E-state index contributed by atoms with van der Waals surface area (Å²) in [5.41, 5.74) is 3.49. The van der Waals surface area contributed by atoms with Crippen molar-refractivity contribution < 1.29 is 9.53 Å². The van der Waals surface area contributed by atoms with Crippen LogP contribution in [-0.2, 0) is 16.0 Å². The topological polar surface area (TPSA) is 53.6 Å². The molecule has 0 spiro atoms. The van der Waals surface area contributed by atoms with Crippen molar-refractivity contribution in [1.82, 2.24) is 10.6 Å². The van der Waals surface area contributed by atoms with E-state index in [-0.39, 0.29) is 11.9 Å². The van der Waals surface area contributed by atoms with E-state index in [9.17, 15) is 4.79 Å². The van der Waals surface area contributed by atoms with E-state index in [0.717, 1.165) is 37.3 Å². The summed E-state index contributed by atoms with van der Waals surface area (Å²) in [6, 6.07) is 18.1. The Morgan fingerprint density at radius 1 is 1.08 bits per heavy atom. The van der Waals surface area contributed by atoms with Gasteiger partial charge in [0.2, 0.25) is 5.91 Å². The first-order chi connectivity index (χ1) is 12.8. The summed E-state index contributed by atoms with van der Waals surface area (Å²) in [5, 5.41) is 6.33. The molecule has 1 heterocycles. The van der Waals surface area contributed by atoms with Crippen LogP contribution in [0.15, 0.2) is 54.6 Å². The van der Waals surface area contributed by atoms with Gasteiger partial charge in [0.1, 0.15) is 6.04 Å². The highest BCUT2D eigenvalue weighted by molar-refractivity contribution is 5.87. The third-order valence-corrected chi connectivity index (χ3v) is 4.68. The number of hydrogen-bond acceptors (Lipinski definition) is 4. The number of anilines is 1. The fraction of sp³-hybridized carbons (Fsp3) is 0.381. The third kappa shape index (κ3) is 4.42. The lowest BCUT2D eigenvalue weighted by atomic mass is 10.0. The lowest BCUT2D eigenvalue weighted by Crippen LogP contribution is -2.42. The molecular formula is C21H27N3O2. The molecule has 1 unspecified atom stereocenters. The van der Waals surface area contributed by atoms with Crippen LogP contribution in [0.1, 0.15) is 17.2 Å². The van der Waals surface area contributed by atoms with Crippen molar-refractivity contribution in [3.63, 3.8) is 0 Å². The average Bonchev–Trinajstić information content (AvgIpc) is 3.10. The Bertz CT molecular complexity index is 705. The first kappa shape index (κ1) is 18.4. The van der Waals surface area contributed by atoms with Gasteiger partial charge in [-0.25, -0.2) is 0 Å². The molecule has 1 aliphatic rings. The molecule has 0 aliphatic carbocycles. The molecule has 0 fully saturated rings. The number of para-hydroxylation sites is 1. The number of nitrogens with one attached hydrogen (secondary N) is 2. The minimum Gasteiger partial charge on any atom is -0.383 e. The number of carbonyl (C=O) groups is 1. The van der Waals surface area contributed by atoms with Gasteiger partial charge in [0.15, 0.2) is 0 Å². The van der Waals surface area contributed by atoms with Gasteiger partial charge in [-0.2, -0.15) is 0 Å². The molecular weight excluding hydrogens is 326 g/mol. The molecule has 5 nitrogen and oxygen atoms in total. The van der Waals surface area contributed by atoms with Gasteiger partial charge in [0.05, 0.1) is 6.61 Å². The van der Waals surface area contributed by atoms with E-state index >= 15 is 0 Å². The van der Waals surface area contributed by atoms with Crippen LogP contribution in [0.5, 0.6) is 0 Å². The SMILES string of the molecule is COCCNCCNC(=O)C(c1ccccc1)N1CCc2ccccc21. The molecule has 1 aliphatic heterocycles. The van der Waals surface area contributed by atoms with Crippen molar-refractivity contribution in [2.75, 3.05) is 44.8 Å². The largest absolute Gasteiger partial charge is 0.383 e. The fourth-order valence-electron chi connectivity index (χ4n) is 3.41. The quantitative estimate of drug-likeness (QED) is 0.678. The number of amides is 1. The summed E-state index contributed by atoms with van der Waals surface area (Å²) >= 11 is 0. The van der Waals surface area contributed by atoms with Crippen LogP contribution in [0.3, 0.4) is 0 Å². The maximum Gasteiger partial charge on any atom is 0.247 e. The summed E-state index contributed by atoms with van der Waals surface area (Å²) in [5.74, 6) is 0.0430. The van der Waals surface area contributed by atoms with E-state index in [1.54, 1.807) is 7.11 Å². The predicted octanol–water partition coefficient (Wildman–Crippen LogP) is 2.14. The molecule has 26 heavy (non-hydrogen) atoms. The van der Waals surface area contributed by atoms with Gasteiger partial charge in [0.25, 0.3) is 0 Å². The monoisotopic (exact) mass is 353 g/mol. The van der Waals surface area contributed by atoms with Crippen LogP contribution in [0.25, 0.3) is 0 Å². The summed E-state index contributed by atoms with van der Waals surface area (Å²) < 4.78 is 5.01. The Labute approximate surface area is 155 Å². The van der Waals surface area contributed by atoms with Gasteiger partial charge < -0.3 is 20.3 Å². The summed E-state index contributed by atoms with van der Waals surface area (Å²) in [6.07, 6.45) is 0.978. The van der Waals surface area contributed by atoms with Crippen LogP contribution in [0, 0.1) is 0 Å². The van der Waals surface area contributed by atoms with Crippen LogP contribution in [-0.4, -0.2) is 45.8 Å². The summed E-state index contributed by atoms with van der Waals surface area (Å²) in [4.78, 5) is 15.2. The van der Waals surface area contributed by atoms with Gasteiger partial charge >= 0.3 is 0 Å². The lowest BCUT2D eigenvalue weighted by Gasteiger charge is -2.30. The normalized spacial score (nSPS) is 14.1. The number of fused-ring (bicyclic) bond motifs is 1. The summed E-state index contributed by atoms with van der Waals surface area (Å²) in [7, 11) is 1.68. The molecule has 0 saturated carbocycles. The van der Waals surface area contributed by atoms with Crippen molar-refractivity contribution in [3.8, 4) is 0 Å². The van der Waals surface area contributed by atoms with E-state index in [2.05, 4.69) is 33.7 Å². The first-order valence-corrected chi connectivity index (χ1v) is 9.18. The molecule has 138 valence electrons. The number of carbonyl (C=O) groups excluding carboxylic acids is 1. The Kier molecular flexibility index (Phi) is 6.63. The van der Waals surface area contributed by atoms with Crippen molar-refractivity contribution >= 4 is 11.6 Å².